The minimum atomic E-state index is -0.147. The summed E-state index contributed by atoms with van der Waals surface area (Å²) in [5, 5.41) is 11.6. The van der Waals surface area contributed by atoms with Crippen molar-refractivity contribution >= 4 is 11.6 Å². The van der Waals surface area contributed by atoms with E-state index in [1.807, 2.05) is 13.8 Å². The lowest BCUT2D eigenvalue weighted by Crippen LogP contribution is -2.33. The minimum absolute atomic E-state index is 0.0432. The smallest absolute Gasteiger partial charge is 0.251 e. The van der Waals surface area contributed by atoms with Gasteiger partial charge in [0.05, 0.1) is 0 Å². The number of nitrogens with one attached hydrogen (secondary N) is 1. The number of nitrogens with two attached hydrogens (primary N) is 1. The Hall–Kier alpha value is -1.55. The van der Waals surface area contributed by atoms with Crippen LogP contribution in [0.25, 0.3) is 0 Å². The molecule has 0 fully saturated rings. The topological polar surface area (TPSA) is 75.4 Å². The molecule has 0 aromatic heterocycles. The second-order valence-corrected chi connectivity index (χ2v) is 3.91. The largest absolute Gasteiger partial charge is 0.398 e. The third-order valence-electron chi connectivity index (χ3n) is 2.56. The first-order valence-electron chi connectivity index (χ1n) is 5.33. The van der Waals surface area contributed by atoms with E-state index in [1.165, 1.54) is 0 Å². The maximum absolute atomic E-state index is 11.9. The van der Waals surface area contributed by atoms with Crippen molar-refractivity contribution in [2.24, 2.45) is 0 Å². The van der Waals surface area contributed by atoms with Crippen LogP contribution in [-0.2, 0) is 0 Å². The van der Waals surface area contributed by atoms with Gasteiger partial charge >= 0.3 is 0 Å². The van der Waals surface area contributed by atoms with Crippen LogP contribution in [-0.4, -0.2) is 23.7 Å². The average Bonchev–Trinajstić information content (AvgIpc) is 2.22. The summed E-state index contributed by atoms with van der Waals surface area (Å²) in [6, 6.07) is 5.22. The van der Waals surface area contributed by atoms with Crippen LogP contribution < -0.4 is 11.1 Å². The van der Waals surface area contributed by atoms with Gasteiger partial charge in [0.15, 0.2) is 0 Å². The van der Waals surface area contributed by atoms with E-state index in [-0.39, 0.29) is 18.6 Å². The number of carbonyl (C=O) groups is 1. The number of hydrogen-bond acceptors (Lipinski definition) is 3. The number of nitrogen functional groups attached to an aromatic ring is 1. The molecule has 4 N–H and O–H groups in total. The zero-order valence-electron chi connectivity index (χ0n) is 9.66. The molecule has 0 heterocycles. The first-order valence-corrected chi connectivity index (χ1v) is 5.33. The molecule has 1 atom stereocenters. The third-order valence-corrected chi connectivity index (χ3v) is 2.56. The zero-order valence-corrected chi connectivity index (χ0v) is 9.66. The summed E-state index contributed by atoms with van der Waals surface area (Å²) < 4.78 is 0. The number of aliphatic hydroxyl groups excluding tert-OH is 1. The summed E-state index contributed by atoms with van der Waals surface area (Å²) in [5.74, 6) is -0.147. The van der Waals surface area contributed by atoms with Gasteiger partial charge in [-0.25, -0.2) is 0 Å². The molecule has 88 valence electrons. The van der Waals surface area contributed by atoms with Gasteiger partial charge in [-0.3, -0.25) is 4.79 Å². The van der Waals surface area contributed by atoms with Crippen LogP contribution in [0.15, 0.2) is 18.2 Å². The lowest BCUT2D eigenvalue weighted by Gasteiger charge is -2.14. The summed E-state index contributed by atoms with van der Waals surface area (Å²) in [4.78, 5) is 11.9. The zero-order chi connectivity index (χ0) is 12.1. The van der Waals surface area contributed by atoms with Crippen LogP contribution in [0.1, 0.15) is 29.3 Å². The Morgan fingerprint density at radius 3 is 2.88 bits per heavy atom. The average molecular weight is 222 g/mol. The van der Waals surface area contributed by atoms with Crippen LogP contribution in [0.3, 0.4) is 0 Å². The van der Waals surface area contributed by atoms with Crippen LogP contribution in [0, 0.1) is 6.92 Å². The van der Waals surface area contributed by atoms with E-state index in [0.29, 0.717) is 17.7 Å². The summed E-state index contributed by atoms with van der Waals surface area (Å²) >= 11 is 0. The molecule has 0 aliphatic carbocycles. The fourth-order valence-corrected chi connectivity index (χ4v) is 1.47. The van der Waals surface area contributed by atoms with Crippen molar-refractivity contribution in [2.45, 2.75) is 26.3 Å². The van der Waals surface area contributed by atoms with Gasteiger partial charge in [0.2, 0.25) is 0 Å². The van der Waals surface area contributed by atoms with Crippen LogP contribution in [0.5, 0.6) is 0 Å². The molecular formula is C12H18N2O2. The van der Waals surface area contributed by atoms with Gasteiger partial charge in [0.25, 0.3) is 5.91 Å². The normalized spacial score (nSPS) is 12.2. The number of anilines is 1. The lowest BCUT2D eigenvalue weighted by molar-refractivity contribution is 0.0934. The Kier molecular flexibility index (Phi) is 4.31. The Bertz CT molecular complexity index is 377. The van der Waals surface area contributed by atoms with Crippen molar-refractivity contribution < 1.29 is 9.90 Å². The molecule has 0 bridgehead atoms. The van der Waals surface area contributed by atoms with E-state index < -0.39 is 0 Å². The molecule has 1 unspecified atom stereocenters. The van der Waals surface area contributed by atoms with E-state index in [0.717, 1.165) is 5.56 Å². The highest BCUT2D eigenvalue weighted by atomic mass is 16.3. The van der Waals surface area contributed by atoms with Crippen molar-refractivity contribution in [3.63, 3.8) is 0 Å². The van der Waals surface area contributed by atoms with Gasteiger partial charge in [0, 0.05) is 23.9 Å². The Labute approximate surface area is 95.5 Å². The first kappa shape index (κ1) is 12.5. The molecule has 4 nitrogen and oxygen atoms in total. The van der Waals surface area contributed by atoms with Crippen molar-refractivity contribution in [3.8, 4) is 0 Å². The van der Waals surface area contributed by atoms with E-state index in [1.54, 1.807) is 18.2 Å². The molecular weight excluding hydrogens is 204 g/mol. The summed E-state index contributed by atoms with van der Waals surface area (Å²) in [7, 11) is 0. The van der Waals surface area contributed by atoms with Gasteiger partial charge in [0.1, 0.15) is 0 Å². The molecule has 0 aliphatic rings. The van der Waals surface area contributed by atoms with E-state index in [9.17, 15) is 4.79 Å². The predicted molar refractivity (Wildman–Crippen MR) is 64.2 cm³/mol. The third kappa shape index (κ3) is 2.97. The van der Waals surface area contributed by atoms with Crippen LogP contribution in [0.4, 0.5) is 5.69 Å². The molecule has 0 saturated heterocycles. The number of benzene rings is 1. The first-order chi connectivity index (χ1) is 7.56. The molecule has 1 rings (SSSR count). The second-order valence-electron chi connectivity index (χ2n) is 3.91. The van der Waals surface area contributed by atoms with E-state index >= 15 is 0 Å². The highest BCUT2D eigenvalue weighted by Crippen LogP contribution is 2.15. The van der Waals surface area contributed by atoms with Gasteiger partial charge in [-0.05, 0) is 38.0 Å². The SMILES string of the molecule is Cc1c(N)cccc1C(=O)NC(C)CCO. The molecule has 0 radical (unpaired) electrons. The summed E-state index contributed by atoms with van der Waals surface area (Å²) in [6.07, 6.45) is 0.549. The monoisotopic (exact) mass is 222 g/mol. The maximum atomic E-state index is 11.9. The maximum Gasteiger partial charge on any atom is 0.251 e. The second kappa shape index (κ2) is 5.51. The lowest BCUT2D eigenvalue weighted by atomic mass is 10.1. The van der Waals surface area contributed by atoms with Crippen molar-refractivity contribution in [1.29, 1.82) is 0 Å². The van der Waals surface area contributed by atoms with Crippen molar-refractivity contribution in [3.05, 3.63) is 29.3 Å². The molecule has 16 heavy (non-hydrogen) atoms. The van der Waals surface area contributed by atoms with Gasteiger partial charge in [-0.1, -0.05) is 6.07 Å². The predicted octanol–water partition coefficient (Wildman–Crippen LogP) is 1.08. The molecule has 1 aromatic rings. The van der Waals surface area contributed by atoms with E-state index in [4.69, 9.17) is 10.8 Å². The van der Waals surface area contributed by atoms with Crippen LogP contribution in [0.2, 0.25) is 0 Å². The van der Waals surface area contributed by atoms with Crippen LogP contribution >= 0.6 is 0 Å². The Balaban J connectivity index is 2.77. The van der Waals surface area contributed by atoms with Crippen molar-refractivity contribution in [1.82, 2.24) is 5.32 Å². The van der Waals surface area contributed by atoms with Gasteiger partial charge < -0.3 is 16.2 Å². The number of hydrogen-bond donors (Lipinski definition) is 3. The highest BCUT2D eigenvalue weighted by Gasteiger charge is 2.12. The van der Waals surface area contributed by atoms with Crippen molar-refractivity contribution in [2.75, 3.05) is 12.3 Å². The quantitative estimate of drug-likeness (QED) is 0.667. The Morgan fingerprint density at radius 2 is 2.25 bits per heavy atom. The Morgan fingerprint density at radius 1 is 1.56 bits per heavy atom. The number of aliphatic hydroxyl groups is 1. The molecule has 0 saturated carbocycles. The number of amides is 1. The van der Waals surface area contributed by atoms with Gasteiger partial charge in [-0.15, -0.1) is 0 Å². The summed E-state index contributed by atoms with van der Waals surface area (Å²) in [6.45, 7) is 3.74. The minimum Gasteiger partial charge on any atom is -0.398 e. The molecule has 1 amide bonds. The highest BCUT2D eigenvalue weighted by molar-refractivity contribution is 5.97. The molecule has 0 spiro atoms. The standard InChI is InChI=1S/C12H18N2O2/c1-8(6-7-15)14-12(16)10-4-3-5-11(13)9(10)2/h3-5,8,15H,6-7,13H2,1-2H3,(H,14,16). The molecule has 1 aromatic carbocycles. The molecule has 4 heteroatoms. The fraction of sp³-hybridized carbons (Fsp3) is 0.417. The number of carbonyl (C=O) groups excluding carboxylic acids is 1. The number of rotatable bonds is 4. The van der Waals surface area contributed by atoms with E-state index in [2.05, 4.69) is 5.32 Å². The van der Waals surface area contributed by atoms with Gasteiger partial charge in [-0.2, -0.15) is 0 Å². The fourth-order valence-electron chi connectivity index (χ4n) is 1.47. The molecule has 0 aliphatic heterocycles. The summed E-state index contributed by atoms with van der Waals surface area (Å²) in [5.41, 5.74) is 7.72.